The smallest absolute Gasteiger partial charge is 0.258 e. The molecule has 0 saturated carbocycles. The summed E-state index contributed by atoms with van der Waals surface area (Å²) in [5.74, 6) is -0.127. The van der Waals surface area contributed by atoms with Crippen LogP contribution in [0.2, 0.25) is 0 Å². The van der Waals surface area contributed by atoms with Gasteiger partial charge in [-0.25, -0.2) is 0 Å². The fourth-order valence-electron chi connectivity index (χ4n) is 1.24. The maximum atomic E-state index is 11.9. The molecule has 1 aromatic rings. The van der Waals surface area contributed by atoms with Gasteiger partial charge in [-0.2, -0.15) is 0 Å². The van der Waals surface area contributed by atoms with Gasteiger partial charge in [0, 0.05) is 19.5 Å². The SMILES string of the molecule is CC(CN(C)C(=O)c1ccoc1Br)C(N)=S. The van der Waals surface area contributed by atoms with E-state index >= 15 is 0 Å². The fraction of sp³-hybridized carbons (Fsp3) is 0.400. The number of nitrogens with zero attached hydrogens (tertiary/aromatic N) is 1. The molecule has 0 spiro atoms. The molecule has 0 aliphatic rings. The van der Waals surface area contributed by atoms with Gasteiger partial charge in [0.1, 0.15) is 0 Å². The third-order valence-corrected chi connectivity index (χ3v) is 3.24. The molecule has 0 saturated heterocycles. The first-order valence-corrected chi connectivity index (χ1v) is 5.91. The molecule has 0 aliphatic carbocycles. The van der Waals surface area contributed by atoms with E-state index in [1.54, 1.807) is 18.0 Å². The van der Waals surface area contributed by atoms with Crippen LogP contribution in [-0.2, 0) is 0 Å². The molecule has 0 radical (unpaired) electrons. The largest absolute Gasteiger partial charge is 0.457 e. The summed E-state index contributed by atoms with van der Waals surface area (Å²) >= 11 is 8.03. The second-order valence-corrected chi connectivity index (χ2v) is 4.79. The van der Waals surface area contributed by atoms with Gasteiger partial charge in [-0.1, -0.05) is 19.1 Å². The van der Waals surface area contributed by atoms with E-state index in [1.807, 2.05) is 6.92 Å². The lowest BCUT2D eigenvalue weighted by molar-refractivity contribution is 0.0785. The highest BCUT2D eigenvalue weighted by molar-refractivity contribution is 9.10. The Kier molecular flexibility index (Phi) is 4.49. The summed E-state index contributed by atoms with van der Waals surface area (Å²) in [6, 6.07) is 1.62. The Balaban J connectivity index is 2.69. The summed E-state index contributed by atoms with van der Waals surface area (Å²) in [7, 11) is 1.70. The summed E-state index contributed by atoms with van der Waals surface area (Å²) < 4.78 is 5.44. The molecule has 1 heterocycles. The van der Waals surface area contributed by atoms with E-state index in [4.69, 9.17) is 22.4 Å². The van der Waals surface area contributed by atoms with Crippen LogP contribution in [0.5, 0.6) is 0 Å². The number of hydrogen-bond donors (Lipinski definition) is 1. The van der Waals surface area contributed by atoms with E-state index in [0.717, 1.165) is 0 Å². The number of amides is 1. The number of rotatable bonds is 4. The molecule has 0 fully saturated rings. The first-order chi connectivity index (χ1) is 7.43. The highest BCUT2D eigenvalue weighted by atomic mass is 79.9. The molecule has 0 bridgehead atoms. The minimum atomic E-state index is -0.122. The Labute approximate surface area is 108 Å². The van der Waals surface area contributed by atoms with Crippen LogP contribution in [-0.4, -0.2) is 29.4 Å². The van der Waals surface area contributed by atoms with Crippen molar-refractivity contribution in [1.29, 1.82) is 0 Å². The minimum Gasteiger partial charge on any atom is -0.457 e. The van der Waals surface area contributed by atoms with E-state index in [2.05, 4.69) is 15.9 Å². The maximum Gasteiger partial charge on any atom is 0.258 e. The number of carbonyl (C=O) groups is 1. The average Bonchev–Trinajstić information content (AvgIpc) is 2.62. The van der Waals surface area contributed by atoms with Gasteiger partial charge in [-0.15, -0.1) is 0 Å². The maximum absolute atomic E-state index is 11.9. The molecule has 6 heteroatoms. The van der Waals surface area contributed by atoms with Crippen molar-refractivity contribution in [3.63, 3.8) is 0 Å². The molecule has 88 valence electrons. The van der Waals surface area contributed by atoms with Crippen molar-refractivity contribution in [2.75, 3.05) is 13.6 Å². The van der Waals surface area contributed by atoms with Crippen LogP contribution in [0.3, 0.4) is 0 Å². The topological polar surface area (TPSA) is 59.5 Å². The lowest BCUT2D eigenvalue weighted by Gasteiger charge is -2.20. The highest BCUT2D eigenvalue weighted by Crippen LogP contribution is 2.19. The van der Waals surface area contributed by atoms with Crippen LogP contribution in [0.25, 0.3) is 0 Å². The molecular weight excluding hydrogens is 292 g/mol. The van der Waals surface area contributed by atoms with E-state index < -0.39 is 0 Å². The van der Waals surface area contributed by atoms with Gasteiger partial charge in [0.2, 0.25) is 0 Å². The van der Waals surface area contributed by atoms with Crippen molar-refractivity contribution < 1.29 is 9.21 Å². The average molecular weight is 305 g/mol. The van der Waals surface area contributed by atoms with Crippen LogP contribution in [0.1, 0.15) is 17.3 Å². The summed E-state index contributed by atoms with van der Waals surface area (Å²) in [5, 5.41) is 0. The van der Waals surface area contributed by atoms with Gasteiger partial charge >= 0.3 is 0 Å². The van der Waals surface area contributed by atoms with E-state index in [1.165, 1.54) is 6.26 Å². The normalized spacial score (nSPS) is 12.2. The monoisotopic (exact) mass is 304 g/mol. The molecule has 1 aromatic heterocycles. The number of hydrogen-bond acceptors (Lipinski definition) is 3. The summed E-state index contributed by atoms with van der Waals surface area (Å²) in [5.41, 5.74) is 6.00. The molecule has 1 atom stereocenters. The zero-order valence-electron chi connectivity index (χ0n) is 9.07. The molecule has 1 unspecified atom stereocenters. The molecule has 0 aromatic carbocycles. The molecule has 4 nitrogen and oxygen atoms in total. The number of nitrogens with two attached hydrogens (primary N) is 1. The van der Waals surface area contributed by atoms with Crippen LogP contribution in [0, 0.1) is 5.92 Å². The number of thiocarbonyl (C=S) groups is 1. The molecule has 1 rings (SSSR count). The van der Waals surface area contributed by atoms with Crippen LogP contribution < -0.4 is 5.73 Å². The quantitative estimate of drug-likeness (QED) is 0.865. The lowest BCUT2D eigenvalue weighted by Crippen LogP contribution is -2.35. The van der Waals surface area contributed by atoms with E-state index in [9.17, 15) is 4.79 Å². The van der Waals surface area contributed by atoms with Gasteiger partial charge < -0.3 is 15.1 Å². The van der Waals surface area contributed by atoms with Gasteiger partial charge in [0.25, 0.3) is 5.91 Å². The molecular formula is C10H13BrN2O2S. The van der Waals surface area contributed by atoms with Crippen molar-refractivity contribution in [3.05, 3.63) is 22.6 Å². The molecule has 16 heavy (non-hydrogen) atoms. The second-order valence-electron chi connectivity index (χ2n) is 3.60. The van der Waals surface area contributed by atoms with E-state index in [-0.39, 0.29) is 11.8 Å². The number of carbonyl (C=O) groups excluding carboxylic acids is 1. The minimum absolute atomic E-state index is 0.00498. The predicted octanol–water partition coefficient (Wildman–Crippen LogP) is 2.04. The Morgan fingerprint density at radius 2 is 2.38 bits per heavy atom. The Morgan fingerprint density at radius 1 is 1.75 bits per heavy atom. The molecule has 0 aliphatic heterocycles. The van der Waals surface area contributed by atoms with Crippen LogP contribution in [0.15, 0.2) is 21.4 Å². The standard InChI is InChI=1S/C10H13BrN2O2S/c1-6(9(12)16)5-13(2)10(14)7-3-4-15-8(7)11/h3-4,6H,5H2,1-2H3,(H2,12,16). The predicted molar refractivity (Wildman–Crippen MR) is 69.3 cm³/mol. The lowest BCUT2D eigenvalue weighted by atomic mass is 10.1. The van der Waals surface area contributed by atoms with E-state index in [0.29, 0.717) is 21.8 Å². The second kappa shape index (κ2) is 5.45. The first kappa shape index (κ1) is 13.2. The van der Waals surface area contributed by atoms with Crippen molar-refractivity contribution in [1.82, 2.24) is 4.90 Å². The van der Waals surface area contributed by atoms with Gasteiger partial charge in [0.15, 0.2) is 4.67 Å². The van der Waals surface area contributed by atoms with Gasteiger partial charge in [-0.05, 0) is 22.0 Å². The third-order valence-electron chi connectivity index (χ3n) is 2.23. The number of halogens is 1. The summed E-state index contributed by atoms with van der Waals surface area (Å²) in [4.78, 5) is 13.9. The Morgan fingerprint density at radius 3 is 2.81 bits per heavy atom. The molecule has 2 N–H and O–H groups in total. The van der Waals surface area contributed by atoms with Crippen molar-refractivity contribution in [3.8, 4) is 0 Å². The Bertz CT molecular complexity index is 405. The summed E-state index contributed by atoms with van der Waals surface area (Å²) in [6.45, 7) is 2.38. The van der Waals surface area contributed by atoms with Crippen molar-refractivity contribution in [2.24, 2.45) is 11.7 Å². The Hall–Kier alpha value is -0.880. The van der Waals surface area contributed by atoms with Crippen molar-refractivity contribution in [2.45, 2.75) is 6.92 Å². The summed E-state index contributed by atoms with van der Waals surface area (Å²) in [6.07, 6.45) is 1.46. The van der Waals surface area contributed by atoms with Gasteiger partial charge in [-0.3, -0.25) is 4.79 Å². The van der Waals surface area contributed by atoms with Crippen molar-refractivity contribution >= 4 is 39.0 Å². The first-order valence-electron chi connectivity index (χ1n) is 4.71. The highest BCUT2D eigenvalue weighted by Gasteiger charge is 2.19. The fourth-order valence-corrected chi connectivity index (χ4v) is 1.72. The molecule has 1 amide bonds. The van der Waals surface area contributed by atoms with Gasteiger partial charge in [0.05, 0.1) is 16.8 Å². The van der Waals surface area contributed by atoms with Crippen LogP contribution in [0.4, 0.5) is 0 Å². The van der Waals surface area contributed by atoms with Crippen LogP contribution >= 0.6 is 28.1 Å². The number of furan rings is 1. The third kappa shape index (κ3) is 3.05. The zero-order chi connectivity index (χ0) is 12.3. The zero-order valence-corrected chi connectivity index (χ0v) is 11.5.